The van der Waals surface area contributed by atoms with Gasteiger partial charge in [0.05, 0.1) is 5.69 Å². The van der Waals surface area contributed by atoms with Crippen molar-refractivity contribution in [3.05, 3.63) is 174 Å². The van der Waals surface area contributed by atoms with Crippen LogP contribution in [0.2, 0.25) is 0 Å². The predicted octanol–water partition coefficient (Wildman–Crippen LogP) is 14.9. The topological polar surface area (TPSA) is 6.48 Å². The van der Waals surface area contributed by atoms with Crippen LogP contribution in [0.1, 0.15) is 105 Å². The van der Waals surface area contributed by atoms with Gasteiger partial charge in [0, 0.05) is 39.2 Å². The number of anilines is 6. The van der Waals surface area contributed by atoms with Crippen molar-refractivity contribution in [1.29, 1.82) is 0 Å². The summed E-state index contributed by atoms with van der Waals surface area (Å²) < 4.78 is 0. The molecule has 0 unspecified atom stereocenters. The molecule has 0 N–H and O–H groups in total. The smallest absolute Gasteiger partial charge is 0.252 e. The molecule has 0 bridgehead atoms. The summed E-state index contributed by atoms with van der Waals surface area (Å²) in [5.41, 5.74) is 19.2. The zero-order valence-electron chi connectivity index (χ0n) is 39.4. The zero-order valence-corrected chi connectivity index (χ0v) is 39.4. The van der Waals surface area contributed by atoms with E-state index >= 15 is 0 Å². The molecule has 0 aromatic heterocycles. The third kappa shape index (κ3) is 6.69. The normalized spacial score (nSPS) is 13.9. The molecule has 63 heavy (non-hydrogen) atoms. The van der Waals surface area contributed by atoms with Gasteiger partial charge >= 0.3 is 0 Å². The Hall–Kier alpha value is -6.06. The first-order chi connectivity index (χ1) is 29.8. The van der Waals surface area contributed by atoms with Gasteiger partial charge in [0.25, 0.3) is 6.71 Å². The van der Waals surface area contributed by atoms with Crippen LogP contribution < -0.4 is 26.2 Å². The fraction of sp³-hybridized carbons (Fsp3) is 0.267. The standard InChI is InChI=1S/C60H61BN2/c1-57(2,3)39-26-30-43(31-27-39)62-50-34-40(58(4,5)6)28-32-48(50)61-49-33-29-41(59(7,8)9)35-51(49)63(53-37-42(60(10,11)12)36-52(62)55(53)61)56-46-24-18-16-22-44(46)54(38-20-14-13-15-21-38)45-23-17-19-25-47(45)56/h13-37H,1-12H3. The molecule has 0 amide bonds. The molecule has 2 aliphatic heterocycles. The molecule has 2 nitrogen and oxygen atoms in total. The van der Waals surface area contributed by atoms with Gasteiger partial charge in [-0.15, -0.1) is 0 Å². The van der Waals surface area contributed by atoms with Gasteiger partial charge in [-0.05, 0) is 119 Å². The average molecular weight is 821 g/mol. The summed E-state index contributed by atoms with van der Waals surface area (Å²) in [6, 6.07) is 58.4. The summed E-state index contributed by atoms with van der Waals surface area (Å²) in [6.07, 6.45) is 0. The lowest BCUT2D eigenvalue weighted by Gasteiger charge is -2.46. The molecule has 0 aliphatic carbocycles. The van der Waals surface area contributed by atoms with Gasteiger partial charge < -0.3 is 9.80 Å². The predicted molar refractivity (Wildman–Crippen MR) is 276 cm³/mol. The van der Waals surface area contributed by atoms with Gasteiger partial charge in [-0.1, -0.05) is 198 Å². The first kappa shape index (κ1) is 41.0. The number of rotatable bonds is 3. The fourth-order valence-corrected chi connectivity index (χ4v) is 10.2. The molecule has 8 aromatic carbocycles. The molecule has 0 fully saturated rings. The minimum Gasteiger partial charge on any atom is -0.311 e. The van der Waals surface area contributed by atoms with Gasteiger partial charge in [0.1, 0.15) is 0 Å². The molecular weight excluding hydrogens is 759 g/mol. The Kier molecular flexibility index (Phi) is 9.26. The van der Waals surface area contributed by atoms with Gasteiger partial charge in [-0.2, -0.15) is 0 Å². The maximum atomic E-state index is 2.68. The molecule has 0 atom stereocenters. The van der Waals surface area contributed by atoms with Crippen LogP contribution in [0.4, 0.5) is 34.1 Å². The van der Waals surface area contributed by atoms with Crippen LogP contribution in [0.15, 0.2) is 152 Å². The van der Waals surface area contributed by atoms with Crippen molar-refractivity contribution in [1.82, 2.24) is 0 Å². The highest BCUT2D eigenvalue weighted by Crippen LogP contribution is 2.52. The second-order valence-electron chi connectivity index (χ2n) is 22.3. The van der Waals surface area contributed by atoms with Gasteiger partial charge in [-0.3, -0.25) is 0 Å². The minimum absolute atomic E-state index is 0.0214. The lowest BCUT2D eigenvalue weighted by Crippen LogP contribution is -2.61. The van der Waals surface area contributed by atoms with E-state index in [-0.39, 0.29) is 28.4 Å². The maximum Gasteiger partial charge on any atom is 0.252 e. The van der Waals surface area contributed by atoms with Gasteiger partial charge in [0.2, 0.25) is 0 Å². The molecule has 314 valence electrons. The summed E-state index contributed by atoms with van der Waals surface area (Å²) in [4.78, 5) is 5.28. The van der Waals surface area contributed by atoms with Crippen LogP contribution in [0.5, 0.6) is 0 Å². The molecule has 0 saturated carbocycles. The number of fused-ring (bicyclic) bond motifs is 6. The second kappa shape index (κ2) is 14.2. The van der Waals surface area contributed by atoms with Crippen LogP contribution in [-0.2, 0) is 21.7 Å². The number of hydrogen-bond acceptors (Lipinski definition) is 2. The first-order valence-electron chi connectivity index (χ1n) is 23.0. The van der Waals surface area contributed by atoms with E-state index in [9.17, 15) is 0 Å². The highest BCUT2D eigenvalue weighted by atomic mass is 15.2. The van der Waals surface area contributed by atoms with Crippen LogP contribution in [0.25, 0.3) is 32.7 Å². The summed E-state index contributed by atoms with van der Waals surface area (Å²) in [5, 5.41) is 5.01. The number of benzene rings is 8. The fourth-order valence-electron chi connectivity index (χ4n) is 10.2. The van der Waals surface area contributed by atoms with E-state index in [0.717, 1.165) is 0 Å². The highest BCUT2D eigenvalue weighted by Gasteiger charge is 2.45. The Balaban J connectivity index is 1.38. The maximum absolute atomic E-state index is 2.68. The summed E-state index contributed by atoms with van der Waals surface area (Å²) in [6.45, 7) is 28.1. The molecule has 8 aromatic rings. The third-order valence-electron chi connectivity index (χ3n) is 13.9. The van der Waals surface area contributed by atoms with Crippen molar-refractivity contribution in [3.8, 4) is 11.1 Å². The van der Waals surface area contributed by atoms with Gasteiger partial charge in [-0.25, -0.2) is 0 Å². The molecule has 0 saturated heterocycles. The quantitative estimate of drug-likeness (QED) is 0.129. The van der Waals surface area contributed by atoms with E-state index in [1.54, 1.807) is 0 Å². The summed E-state index contributed by atoms with van der Waals surface area (Å²) in [7, 11) is 0. The van der Waals surface area contributed by atoms with Crippen LogP contribution >= 0.6 is 0 Å². The molecule has 10 rings (SSSR count). The lowest BCUT2D eigenvalue weighted by atomic mass is 9.33. The minimum atomic E-state index is -0.128. The molecule has 0 spiro atoms. The van der Waals surface area contributed by atoms with Gasteiger partial charge in [0.15, 0.2) is 0 Å². The van der Waals surface area contributed by atoms with Crippen molar-refractivity contribution in [2.75, 3.05) is 9.80 Å². The van der Waals surface area contributed by atoms with Crippen LogP contribution in [0.3, 0.4) is 0 Å². The number of nitrogens with zero attached hydrogens (tertiary/aromatic N) is 2. The lowest BCUT2D eigenvalue weighted by molar-refractivity contribution is 0.589. The van der Waals surface area contributed by atoms with Crippen molar-refractivity contribution < 1.29 is 0 Å². The Morgan fingerprint density at radius 1 is 0.349 bits per heavy atom. The van der Waals surface area contributed by atoms with Crippen molar-refractivity contribution in [2.45, 2.75) is 105 Å². The van der Waals surface area contributed by atoms with E-state index in [4.69, 9.17) is 0 Å². The third-order valence-corrected chi connectivity index (χ3v) is 13.9. The van der Waals surface area contributed by atoms with Crippen molar-refractivity contribution in [3.63, 3.8) is 0 Å². The SMILES string of the molecule is CC(C)(C)c1ccc(N2c3cc(C(C)(C)C)ccc3B3c4ccc(C(C)(C)C)cc4N(c4c5ccccc5c(-c5ccccc5)c5ccccc45)c4cc(C(C)(C)C)cc2c43)cc1. The highest BCUT2D eigenvalue weighted by molar-refractivity contribution is 7.00. The second-order valence-corrected chi connectivity index (χ2v) is 22.3. The van der Waals surface area contributed by atoms with E-state index in [0.29, 0.717) is 0 Å². The Morgan fingerprint density at radius 2 is 0.746 bits per heavy atom. The molecule has 0 radical (unpaired) electrons. The average Bonchev–Trinajstić information content (AvgIpc) is 3.24. The monoisotopic (exact) mass is 820 g/mol. The van der Waals surface area contributed by atoms with E-state index in [1.807, 2.05) is 0 Å². The van der Waals surface area contributed by atoms with Crippen molar-refractivity contribution >= 4 is 78.8 Å². The van der Waals surface area contributed by atoms with E-state index < -0.39 is 0 Å². The first-order valence-corrected chi connectivity index (χ1v) is 23.0. The Bertz CT molecular complexity index is 3040. The Morgan fingerprint density at radius 3 is 1.22 bits per heavy atom. The largest absolute Gasteiger partial charge is 0.311 e. The summed E-state index contributed by atoms with van der Waals surface area (Å²) >= 11 is 0. The van der Waals surface area contributed by atoms with Crippen LogP contribution in [-0.4, -0.2) is 6.71 Å². The molecule has 2 aliphatic rings. The van der Waals surface area contributed by atoms with E-state index in [1.165, 1.54) is 105 Å². The van der Waals surface area contributed by atoms with E-state index in [2.05, 4.69) is 245 Å². The Labute approximate surface area is 376 Å². The summed E-state index contributed by atoms with van der Waals surface area (Å²) in [5.74, 6) is 0. The van der Waals surface area contributed by atoms with Crippen molar-refractivity contribution in [2.24, 2.45) is 0 Å². The number of hydrogen-bond donors (Lipinski definition) is 0. The molecular formula is C60H61BN2. The molecule has 3 heteroatoms. The van der Waals surface area contributed by atoms with Crippen LogP contribution in [0, 0.1) is 0 Å². The molecule has 2 heterocycles. The zero-order chi connectivity index (χ0) is 44.4.